The Morgan fingerprint density at radius 3 is 2.42 bits per heavy atom. The molecule has 1 atom stereocenters. The third-order valence-corrected chi connectivity index (χ3v) is 7.06. The van der Waals surface area contributed by atoms with Crippen molar-refractivity contribution in [1.82, 2.24) is 15.2 Å². The second kappa shape index (κ2) is 8.97. The molecule has 2 aromatic rings. The molecular formula is C24H25ClF2N4O5. The molecule has 36 heavy (non-hydrogen) atoms. The van der Waals surface area contributed by atoms with Crippen molar-refractivity contribution in [3.63, 3.8) is 0 Å². The van der Waals surface area contributed by atoms with E-state index in [-0.39, 0.29) is 35.5 Å². The minimum Gasteiger partial charge on any atom is -0.391 e. The summed E-state index contributed by atoms with van der Waals surface area (Å²) in [5.74, 6) is -6.89. The van der Waals surface area contributed by atoms with Crippen LogP contribution in [0.3, 0.4) is 0 Å². The van der Waals surface area contributed by atoms with Crippen LogP contribution >= 0.6 is 11.6 Å². The fourth-order valence-electron chi connectivity index (χ4n) is 4.94. The number of amides is 3. The molecule has 0 bridgehead atoms. The summed E-state index contributed by atoms with van der Waals surface area (Å²) in [4.78, 5) is 51.5. The Morgan fingerprint density at radius 1 is 1.17 bits per heavy atom. The summed E-state index contributed by atoms with van der Waals surface area (Å²) in [5, 5.41) is 17.8. The number of aromatic nitrogens is 1. The van der Waals surface area contributed by atoms with Gasteiger partial charge in [-0.25, -0.2) is 8.78 Å². The standard InChI is InChI=1S/C24H25ClF2N4O5/c1-11-4-5-13(6-15(11)25)29-20(34)18-12(2)17(16-7-14(32)8-31(16)18)19(33)21(35)30-23(22(36)28-3)9-24(26,27)10-23/h4-6,14,32H,7-10H2,1-3H3,(H,28,36)(H,29,34)(H,30,35)/t14-/m1/s1. The molecule has 1 aromatic carbocycles. The number of nitrogens with one attached hydrogen (secondary N) is 3. The Morgan fingerprint density at radius 2 is 1.83 bits per heavy atom. The number of aryl methyl sites for hydroxylation is 1. The second-order valence-corrected chi connectivity index (χ2v) is 9.74. The molecule has 0 saturated heterocycles. The number of benzene rings is 1. The van der Waals surface area contributed by atoms with Crippen LogP contribution in [-0.2, 0) is 22.6 Å². The molecular weight excluding hydrogens is 498 g/mol. The normalized spacial score (nSPS) is 19.1. The number of anilines is 1. The molecule has 1 fully saturated rings. The van der Waals surface area contributed by atoms with E-state index in [1.807, 2.05) is 0 Å². The maximum atomic E-state index is 13.6. The molecule has 4 N–H and O–H groups in total. The summed E-state index contributed by atoms with van der Waals surface area (Å²) < 4.78 is 28.7. The Kier molecular flexibility index (Phi) is 6.42. The first kappa shape index (κ1) is 25.8. The quantitative estimate of drug-likeness (QED) is 0.341. The topological polar surface area (TPSA) is 130 Å². The smallest absolute Gasteiger partial charge is 0.293 e. The molecule has 1 aromatic heterocycles. The number of hydrogen-bond donors (Lipinski definition) is 4. The number of fused-ring (bicyclic) bond motifs is 1. The highest BCUT2D eigenvalue weighted by molar-refractivity contribution is 6.44. The highest BCUT2D eigenvalue weighted by Crippen LogP contribution is 2.46. The van der Waals surface area contributed by atoms with Crippen LogP contribution in [0.25, 0.3) is 0 Å². The van der Waals surface area contributed by atoms with Crippen molar-refractivity contribution in [3.05, 3.63) is 51.3 Å². The van der Waals surface area contributed by atoms with Gasteiger partial charge in [-0.05, 0) is 37.1 Å². The van der Waals surface area contributed by atoms with Crippen LogP contribution in [0, 0.1) is 13.8 Å². The number of Topliss-reactive ketones (excluding diaryl/α,β-unsaturated/α-hetero) is 1. The lowest BCUT2D eigenvalue weighted by molar-refractivity contribution is -0.164. The minimum atomic E-state index is -3.15. The number of rotatable bonds is 6. The summed E-state index contributed by atoms with van der Waals surface area (Å²) >= 11 is 6.13. The molecule has 12 heteroatoms. The average molecular weight is 523 g/mol. The minimum absolute atomic E-state index is 0.0114. The molecule has 2 aliphatic rings. The van der Waals surface area contributed by atoms with E-state index in [1.165, 1.54) is 18.5 Å². The van der Waals surface area contributed by atoms with Gasteiger partial charge in [-0.1, -0.05) is 17.7 Å². The molecule has 9 nitrogen and oxygen atoms in total. The van der Waals surface area contributed by atoms with E-state index in [0.29, 0.717) is 10.7 Å². The number of carbonyl (C=O) groups is 4. The van der Waals surface area contributed by atoms with Gasteiger partial charge in [0.1, 0.15) is 11.2 Å². The van der Waals surface area contributed by atoms with E-state index >= 15 is 0 Å². The Hall–Kier alpha value is -3.31. The van der Waals surface area contributed by atoms with Crippen LogP contribution in [0.15, 0.2) is 18.2 Å². The number of carbonyl (C=O) groups excluding carboxylic acids is 4. The van der Waals surface area contributed by atoms with Gasteiger partial charge in [0.05, 0.1) is 11.7 Å². The molecule has 4 rings (SSSR count). The Labute approximate surface area is 210 Å². The van der Waals surface area contributed by atoms with Crippen molar-refractivity contribution in [2.45, 2.75) is 57.2 Å². The zero-order chi connectivity index (χ0) is 26.6. The van der Waals surface area contributed by atoms with Gasteiger partial charge < -0.3 is 25.6 Å². The molecule has 3 amide bonds. The number of halogens is 3. The van der Waals surface area contributed by atoms with Gasteiger partial charge in [-0.2, -0.15) is 0 Å². The summed E-state index contributed by atoms with van der Waals surface area (Å²) in [5.41, 5.74) is -0.240. The molecule has 0 radical (unpaired) electrons. The van der Waals surface area contributed by atoms with Crippen molar-refractivity contribution in [3.8, 4) is 0 Å². The average Bonchev–Trinajstić information content (AvgIpc) is 3.26. The first-order valence-electron chi connectivity index (χ1n) is 11.2. The maximum absolute atomic E-state index is 13.6. The van der Waals surface area contributed by atoms with Crippen molar-refractivity contribution in [2.24, 2.45) is 0 Å². The monoisotopic (exact) mass is 522 g/mol. The Balaban J connectivity index is 1.65. The molecule has 192 valence electrons. The first-order valence-corrected chi connectivity index (χ1v) is 11.6. The zero-order valence-corrected chi connectivity index (χ0v) is 20.6. The molecule has 1 aliphatic heterocycles. The van der Waals surface area contributed by atoms with E-state index in [4.69, 9.17) is 11.6 Å². The summed E-state index contributed by atoms with van der Waals surface area (Å²) in [6.07, 6.45) is -2.75. The second-order valence-electron chi connectivity index (χ2n) is 9.34. The van der Waals surface area contributed by atoms with E-state index in [0.717, 1.165) is 5.56 Å². The number of hydrogen-bond acceptors (Lipinski definition) is 5. The van der Waals surface area contributed by atoms with Gasteiger partial charge in [-0.3, -0.25) is 19.2 Å². The fourth-order valence-corrected chi connectivity index (χ4v) is 5.12. The third kappa shape index (κ3) is 4.37. The summed E-state index contributed by atoms with van der Waals surface area (Å²) in [6, 6.07) is 4.95. The third-order valence-electron chi connectivity index (χ3n) is 6.65. The van der Waals surface area contributed by atoms with Gasteiger partial charge in [0.25, 0.3) is 23.5 Å². The van der Waals surface area contributed by atoms with E-state index in [9.17, 15) is 33.1 Å². The molecule has 1 aliphatic carbocycles. The van der Waals surface area contributed by atoms with Gasteiger partial charge in [0.15, 0.2) is 0 Å². The largest absolute Gasteiger partial charge is 0.391 e. The number of nitrogens with zero attached hydrogens (tertiary/aromatic N) is 1. The predicted molar refractivity (Wildman–Crippen MR) is 126 cm³/mol. The molecule has 2 heterocycles. The number of likely N-dealkylation sites (N-methyl/N-ethyl adjacent to an activating group) is 1. The number of ketones is 1. The number of aliphatic hydroxyl groups excluding tert-OH is 1. The van der Waals surface area contributed by atoms with Gasteiger partial charge in [0, 0.05) is 49.3 Å². The van der Waals surface area contributed by atoms with Crippen molar-refractivity contribution >= 4 is 40.8 Å². The fraction of sp³-hybridized carbons (Fsp3) is 0.417. The van der Waals surface area contributed by atoms with Crippen LogP contribution in [-0.4, -0.2) is 57.8 Å². The van der Waals surface area contributed by atoms with Crippen LogP contribution in [0.1, 0.15) is 50.5 Å². The van der Waals surface area contributed by atoms with Crippen molar-refractivity contribution in [2.75, 3.05) is 12.4 Å². The summed E-state index contributed by atoms with van der Waals surface area (Å²) in [6.45, 7) is 3.32. The van der Waals surface area contributed by atoms with Gasteiger partial charge >= 0.3 is 0 Å². The number of aliphatic hydroxyl groups is 1. The Bertz CT molecular complexity index is 1300. The highest BCUT2D eigenvalue weighted by atomic mass is 35.5. The van der Waals surface area contributed by atoms with Crippen molar-refractivity contribution in [1.29, 1.82) is 0 Å². The van der Waals surface area contributed by atoms with E-state index in [2.05, 4.69) is 16.0 Å². The van der Waals surface area contributed by atoms with Crippen LogP contribution < -0.4 is 16.0 Å². The van der Waals surface area contributed by atoms with Crippen LogP contribution in [0.5, 0.6) is 0 Å². The lowest BCUT2D eigenvalue weighted by Crippen LogP contribution is -2.69. The first-order chi connectivity index (χ1) is 16.8. The maximum Gasteiger partial charge on any atom is 0.293 e. The highest BCUT2D eigenvalue weighted by Gasteiger charge is 2.62. The van der Waals surface area contributed by atoms with E-state index < -0.39 is 53.9 Å². The molecule has 0 spiro atoms. The van der Waals surface area contributed by atoms with Gasteiger partial charge in [0.2, 0.25) is 5.91 Å². The lowest BCUT2D eigenvalue weighted by atomic mass is 9.72. The van der Waals surface area contributed by atoms with Crippen LogP contribution in [0.2, 0.25) is 5.02 Å². The molecule has 0 unspecified atom stereocenters. The van der Waals surface area contributed by atoms with Crippen LogP contribution in [0.4, 0.5) is 14.5 Å². The molecule has 1 saturated carbocycles. The van der Waals surface area contributed by atoms with Gasteiger partial charge in [-0.15, -0.1) is 0 Å². The van der Waals surface area contributed by atoms with Crippen molar-refractivity contribution < 1.29 is 33.1 Å². The lowest BCUT2D eigenvalue weighted by Gasteiger charge is -2.45. The SMILES string of the molecule is CNC(=O)C1(NC(=O)C(=O)c2c(C)c(C(=O)Nc3ccc(C)c(Cl)c3)n3c2C[C@@H](O)C3)CC(F)(F)C1. The predicted octanol–water partition coefficient (Wildman–Crippen LogP) is 2.14. The number of alkyl halides is 2. The van der Waals surface area contributed by atoms with E-state index in [1.54, 1.807) is 25.1 Å². The zero-order valence-electron chi connectivity index (χ0n) is 19.8. The summed E-state index contributed by atoms with van der Waals surface area (Å²) in [7, 11) is 1.24.